The van der Waals surface area contributed by atoms with Gasteiger partial charge in [0.2, 0.25) is 0 Å². The molecule has 20 heavy (non-hydrogen) atoms. The fourth-order valence-electron chi connectivity index (χ4n) is 1.72. The van der Waals surface area contributed by atoms with Crippen molar-refractivity contribution in [3.63, 3.8) is 0 Å². The van der Waals surface area contributed by atoms with Crippen molar-refractivity contribution in [2.45, 2.75) is 24.8 Å². The molecule has 2 N–H and O–H groups in total. The Hall–Kier alpha value is -1.31. The molecule has 0 aliphatic rings. The first kappa shape index (κ1) is 15.1. The van der Waals surface area contributed by atoms with Crippen LogP contribution >= 0.6 is 15.9 Å². The maximum atomic E-state index is 12.3. The quantitative estimate of drug-likeness (QED) is 0.859. The third-order valence-corrected chi connectivity index (χ3v) is 4.98. The number of aryl methyl sites for hydroxylation is 1. The Bertz CT molecular complexity index is 709. The van der Waals surface area contributed by atoms with E-state index in [1.54, 1.807) is 18.2 Å². The summed E-state index contributed by atoms with van der Waals surface area (Å²) in [6.45, 7) is 1.63. The minimum absolute atomic E-state index is 0.0385. The highest BCUT2D eigenvalue weighted by Gasteiger charge is 2.22. The van der Waals surface area contributed by atoms with Crippen molar-refractivity contribution in [3.05, 3.63) is 46.3 Å². The van der Waals surface area contributed by atoms with Gasteiger partial charge in [-0.05, 0) is 40.0 Å². The van der Waals surface area contributed by atoms with Crippen molar-refractivity contribution >= 4 is 31.6 Å². The fourth-order valence-corrected chi connectivity index (χ4v) is 3.77. The number of aliphatic hydroxyl groups excluding tert-OH is 1. The highest BCUT2D eigenvalue weighted by molar-refractivity contribution is 9.10. The number of furan rings is 1. The second kappa shape index (κ2) is 5.99. The van der Waals surface area contributed by atoms with E-state index in [4.69, 9.17) is 9.52 Å². The largest absolute Gasteiger partial charge is 0.450 e. The van der Waals surface area contributed by atoms with Gasteiger partial charge in [0.05, 0.1) is 0 Å². The molecule has 0 aliphatic carbocycles. The Morgan fingerprint density at radius 3 is 2.70 bits per heavy atom. The molecule has 1 aromatic heterocycles. The lowest BCUT2D eigenvalue weighted by Crippen LogP contribution is -2.12. The maximum Gasteiger partial charge on any atom is 0.266 e. The van der Waals surface area contributed by atoms with Gasteiger partial charge in [-0.25, -0.2) is 8.42 Å². The van der Waals surface area contributed by atoms with E-state index < -0.39 is 10.0 Å². The highest BCUT2D eigenvalue weighted by atomic mass is 79.9. The van der Waals surface area contributed by atoms with E-state index in [1.807, 2.05) is 13.0 Å². The molecule has 0 unspecified atom stereocenters. The smallest absolute Gasteiger partial charge is 0.266 e. The third-order valence-electron chi connectivity index (χ3n) is 2.74. The first-order valence-electron chi connectivity index (χ1n) is 5.97. The van der Waals surface area contributed by atoms with Crippen LogP contribution in [0.25, 0.3) is 0 Å². The van der Waals surface area contributed by atoms with Gasteiger partial charge in [-0.3, -0.25) is 4.72 Å². The molecule has 0 atom stereocenters. The van der Waals surface area contributed by atoms with Crippen molar-refractivity contribution in [2.75, 3.05) is 4.72 Å². The Kier molecular flexibility index (Phi) is 4.52. The predicted molar refractivity (Wildman–Crippen MR) is 79.0 cm³/mol. The monoisotopic (exact) mass is 359 g/mol. The third kappa shape index (κ3) is 3.23. The van der Waals surface area contributed by atoms with Crippen LogP contribution < -0.4 is 4.72 Å². The van der Waals surface area contributed by atoms with E-state index in [0.717, 1.165) is 12.0 Å². The summed E-state index contributed by atoms with van der Waals surface area (Å²) in [6, 6.07) is 8.46. The van der Waals surface area contributed by atoms with Crippen LogP contribution in [0.5, 0.6) is 0 Å². The summed E-state index contributed by atoms with van der Waals surface area (Å²) in [4.78, 5) is -0.0385. The van der Waals surface area contributed by atoms with Gasteiger partial charge in [0, 0.05) is 11.8 Å². The second-order valence-electron chi connectivity index (χ2n) is 4.17. The topological polar surface area (TPSA) is 79.5 Å². The molecule has 0 amide bonds. The summed E-state index contributed by atoms with van der Waals surface area (Å²) in [5, 5.41) is 8.97. The van der Waals surface area contributed by atoms with E-state index in [-0.39, 0.29) is 21.9 Å². The zero-order chi connectivity index (χ0) is 14.8. The van der Waals surface area contributed by atoms with Crippen LogP contribution in [-0.4, -0.2) is 13.5 Å². The maximum absolute atomic E-state index is 12.3. The van der Waals surface area contributed by atoms with Crippen molar-refractivity contribution in [2.24, 2.45) is 0 Å². The summed E-state index contributed by atoms with van der Waals surface area (Å²) in [6.07, 6.45) is 0.819. The Balaban J connectivity index is 2.32. The fraction of sp³-hybridized carbons (Fsp3) is 0.231. The molecule has 0 bridgehead atoms. The second-order valence-corrected chi connectivity index (χ2v) is 6.54. The van der Waals surface area contributed by atoms with Gasteiger partial charge in [0.1, 0.15) is 17.3 Å². The van der Waals surface area contributed by atoms with Gasteiger partial charge in [0.15, 0.2) is 4.67 Å². The summed E-state index contributed by atoms with van der Waals surface area (Å²) >= 11 is 3.04. The molecule has 2 rings (SSSR count). The van der Waals surface area contributed by atoms with Crippen LogP contribution in [0.1, 0.15) is 18.2 Å². The molecule has 5 nitrogen and oxygen atoms in total. The van der Waals surface area contributed by atoms with Gasteiger partial charge >= 0.3 is 0 Å². The minimum Gasteiger partial charge on any atom is -0.450 e. The zero-order valence-corrected chi connectivity index (χ0v) is 13.2. The highest BCUT2D eigenvalue weighted by Crippen LogP contribution is 2.28. The SMILES string of the molecule is CCc1cccc(NS(=O)(=O)c2cc(CO)oc2Br)c1. The van der Waals surface area contributed by atoms with Crippen molar-refractivity contribution in [3.8, 4) is 0 Å². The number of hydrogen-bond donors (Lipinski definition) is 2. The minimum atomic E-state index is -3.76. The average molecular weight is 360 g/mol. The molecule has 1 aromatic carbocycles. The number of anilines is 1. The van der Waals surface area contributed by atoms with E-state index in [1.165, 1.54) is 6.07 Å². The van der Waals surface area contributed by atoms with Crippen LogP contribution in [0.15, 0.2) is 44.3 Å². The normalized spacial score (nSPS) is 11.6. The molecule has 0 fully saturated rings. The number of hydrogen-bond acceptors (Lipinski definition) is 4. The van der Waals surface area contributed by atoms with Crippen molar-refractivity contribution < 1.29 is 17.9 Å². The summed E-state index contributed by atoms with van der Waals surface area (Å²) < 4.78 is 32.2. The van der Waals surface area contributed by atoms with Crippen LogP contribution in [0.3, 0.4) is 0 Å². The Morgan fingerprint density at radius 1 is 1.35 bits per heavy atom. The van der Waals surface area contributed by atoms with Crippen LogP contribution in [-0.2, 0) is 23.1 Å². The number of nitrogens with one attached hydrogen (secondary N) is 1. The van der Waals surface area contributed by atoms with Gasteiger partial charge in [-0.1, -0.05) is 19.1 Å². The first-order valence-corrected chi connectivity index (χ1v) is 8.24. The number of benzene rings is 1. The standard InChI is InChI=1S/C13H14BrNO4S/c1-2-9-4-3-5-10(6-9)15-20(17,18)12-7-11(8-16)19-13(12)14/h3-7,15-16H,2,8H2,1H3. The molecule has 108 valence electrons. The molecule has 0 saturated heterocycles. The summed E-state index contributed by atoms with van der Waals surface area (Å²) in [5.41, 5.74) is 1.52. The van der Waals surface area contributed by atoms with Crippen molar-refractivity contribution in [1.82, 2.24) is 0 Å². The first-order chi connectivity index (χ1) is 9.46. The van der Waals surface area contributed by atoms with Gasteiger partial charge < -0.3 is 9.52 Å². The molecular formula is C13H14BrNO4S. The molecular weight excluding hydrogens is 346 g/mol. The van der Waals surface area contributed by atoms with E-state index in [0.29, 0.717) is 5.69 Å². The van der Waals surface area contributed by atoms with E-state index in [9.17, 15) is 8.42 Å². The number of aliphatic hydroxyl groups is 1. The zero-order valence-electron chi connectivity index (χ0n) is 10.8. The predicted octanol–water partition coefficient (Wildman–Crippen LogP) is 2.90. The molecule has 7 heteroatoms. The lowest BCUT2D eigenvalue weighted by atomic mass is 10.1. The van der Waals surface area contributed by atoms with Gasteiger partial charge in [0.25, 0.3) is 10.0 Å². The van der Waals surface area contributed by atoms with Crippen molar-refractivity contribution in [1.29, 1.82) is 0 Å². The lowest BCUT2D eigenvalue weighted by molar-refractivity contribution is 0.245. The Labute approximate surface area is 125 Å². The number of halogens is 1. The van der Waals surface area contributed by atoms with Crippen LogP contribution in [0, 0.1) is 0 Å². The molecule has 1 heterocycles. The van der Waals surface area contributed by atoms with Gasteiger partial charge in [-0.15, -0.1) is 0 Å². The van der Waals surface area contributed by atoms with Crippen LogP contribution in [0.4, 0.5) is 5.69 Å². The average Bonchev–Trinajstić information content (AvgIpc) is 2.80. The molecule has 0 saturated carbocycles. The lowest BCUT2D eigenvalue weighted by Gasteiger charge is -2.07. The van der Waals surface area contributed by atoms with E-state index in [2.05, 4.69) is 20.7 Å². The molecule has 0 aliphatic heterocycles. The number of sulfonamides is 1. The van der Waals surface area contributed by atoms with E-state index >= 15 is 0 Å². The number of rotatable bonds is 5. The Morgan fingerprint density at radius 2 is 2.10 bits per heavy atom. The molecule has 2 aromatic rings. The van der Waals surface area contributed by atoms with Crippen LogP contribution in [0.2, 0.25) is 0 Å². The molecule has 0 radical (unpaired) electrons. The molecule has 0 spiro atoms. The summed E-state index contributed by atoms with van der Waals surface area (Å²) in [5.74, 6) is 0.180. The van der Waals surface area contributed by atoms with Gasteiger partial charge in [-0.2, -0.15) is 0 Å². The summed E-state index contributed by atoms with van der Waals surface area (Å²) in [7, 11) is -3.76.